The van der Waals surface area contributed by atoms with Crippen LogP contribution in [0, 0.1) is 20.8 Å². The highest BCUT2D eigenvalue weighted by Gasteiger charge is 2.42. The van der Waals surface area contributed by atoms with Gasteiger partial charge < -0.3 is 9.62 Å². The number of benzene rings is 2. The lowest BCUT2D eigenvalue weighted by Gasteiger charge is -2.26. The van der Waals surface area contributed by atoms with Crippen molar-refractivity contribution < 1.29 is 0 Å². The Morgan fingerprint density at radius 3 is 2.15 bits per heavy atom. The maximum atomic E-state index is 4.61. The second kappa shape index (κ2) is 6.17. The van der Waals surface area contributed by atoms with E-state index in [1.165, 1.54) is 22.2 Å². The summed E-state index contributed by atoms with van der Waals surface area (Å²) in [6, 6.07) is 14.9. The molecule has 0 fully saturated rings. The first-order chi connectivity index (χ1) is 12.5. The molecule has 0 amide bonds. The molecule has 2 aromatic carbocycles. The molecule has 0 saturated heterocycles. The van der Waals surface area contributed by atoms with Crippen molar-refractivity contribution in [3.05, 3.63) is 65.5 Å². The predicted octanol–water partition coefficient (Wildman–Crippen LogP) is 3.35. The van der Waals surface area contributed by atoms with Gasteiger partial charge in [-0.1, -0.05) is 59.2 Å². The average molecular weight is 342 g/mol. The van der Waals surface area contributed by atoms with Gasteiger partial charge >= 0.3 is 6.98 Å². The quantitative estimate of drug-likeness (QED) is 0.669. The van der Waals surface area contributed by atoms with Crippen LogP contribution in [0.25, 0.3) is 11.3 Å². The zero-order valence-corrected chi connectivity index (χ0v) is 16.0. The Labute approximate surface area is 155 Å². The van der Waals surface area contributed by atoms with Crippen LogP contribution in [-0.4, -0.2) is 31.0 Å². The lowest BCUT2D eigenvalue weighted by atomic mass is 9.62. The van der Waals surface area contributed by atoms with Crippen LogP contribution in [0.15, 0.2) is 48.8 Å². The number of anilines is 2. The van der Waals surface area contributed by atoms with Gasteiger partial charge in [0.15, 0.2) is 0 Å². The zero-order chi connectivity index (χ0) is 18.4. The summed E-state index contributed by atoms with van der Waals surface area (Å²) >= 11 is 0. The van der Waals surface area contributed by atoms with E-state index in [0.29, 0.717) is 0 Å². The van der Waals surface area contributed by atoms with E-state index in [-0.39, 0.29) is 6.98 Å². The van der Waals surface area contributed by atoms with Crippen molar-refractivity contribution in [2.45, 2.75) is 20.8 Å². The second-order valence-electron chi connectivity index (χ2n) is 7.17. The first kappa shape index (κ1) is 16.6. The van der Waals surface area contributed by atoms with Gasteiger partial charge in [-0.2, -0.15) is 0 Å². The van der Waals surface area contributed by atoms with Crippen molar-refractivity contribution in [1.29, 1.82) is 0 Å². The fourth-order valence-electron chi connectivity index (χ4n) is 4.24. The first-order valence-electron chi connectivity index (χ1n) is 8.93. The van der Waals surface area contributed by atoms with Crippen LogP contribution in [0.3, 0.4) is 0 Å². The standard InChI is InChI=1S/C21H23BN4/c1-14-11-15(2)18(16(3)12-14)22-25(4)20-19(17-9-7-6-8-10-17)23-13-24-21(20)26(22)5/h6-13H,1-5H3. The molecule has 0 spiro atoms. The number of hydrogen-bond donors (Lipinski definition) is 0. The molecule has 130 valence electrons. The molecule has 3 aromatic rings. The van der Waals surface area contributed by atoms with Gasteiger partial charge in [0.05, 0.1) is 11.4 Å². The normalized spacial score (nSPS) is 13.3. The van der Waals surface area contributed by atoms with E-state index in [9.17, 15) is 0 Å². The molecule has 0 atom stereocenters. The molecule has 5 heteroatoms. The lowest BCUT2D eigenvalue weighted by molar-refractivity contribution is 1.14. The van der Waals surface area contributed by atoms with Crippen molar-refractivity contribution in [1.82, 2.24) is 9.97 Å². The van der Waals surface area contributed by atoms with Crippen molar-refractivity contribution in [2.75, 3.05) is 23.7 Å². The summed E-state index contributed by atoms with van der Waals surface area (Å²) < 4.78 is 0. The second-order valence-corrected chi connectivity index (χ2v) is 7.17. The summed E-state index contributed by atoms with van der Waals surface area (Å²) in [5.74, 6) is 0.978. The topological polar surface area (TPSA) is 32.3 Å². The molecule has 0 bridgehead atoms. The first-order valence-corrected chi connectivity index (χ1v) is 8.93. The minimum absolute atomic E-state index is 0.116. The predicted molar refractivity (Wildman–Crippen MR) is 110 cm³/mol. The van der Waals surface area contributed by atoms with E-state index in [1.807, 2.05) is 18.2 Å². The minimum atomic E-state index is 0.116. The molecule has 1 aliphatic heterocycles. The summed E-state index contributed by atoms with van der Waals surface area (Å²) in [6.07, 6.45) is 1.67. The number of nitrogens with zero attached hydrogens (tertiary/aromatic N) is 4. The van der Waals surface area contributed by atoms with E-state index >= 15 is 0 Å². The van der Waals surface area contributed by atoms with Crippen molar-refractivity contribution >= 4 is 24.0 Å². The van der Waals surface area contributed by atoms with Crippen LogP contribution < -0.4 is 15.1 Å². The van der Waals surface area contributed by atoms with Crippen LogP contribution >= 0.6 is 0 Å². The third kappa shape index (κ3) is 2.46. The third-order valence-corrected chi connectivity index (χ3v) is 5.27. The van der Waals surface area contributed by atoms with Gasteiger partial charge in [0.1, 0.15) is 12.1 Å². The van der Waals surface area contributed by atoms with Crippen molar-refractivity contribution in [2.24, 2.45) is 0 Å². The molecule has 0 unspecified atom stereocenters. The van der Waals surface area contributed by atoms with Crippen LogP contribution in [-0.2, 0) is 0 Å². The largest absolute Gasteiger partial charge is 0.412 e. The van der Waals surface area contributed by atoms with Crippen LogP contribution in [0.2, 0.25) is 0 Å². The summed E-state index contributed by atoms with van der Waals surface area (Å²) in [7, 11) is 4.26. The monoisotopic (exact) mass is 342 g/mol. The average Bonchev–Trinajstić information content (AvgIpc) is 2.87. The molecule has 1 aromatic heterocycles. The van der Waals surface area contributed by atoms with Gasteiger partial charge in [-0.05, 0) is 40.3 Å². The lowest BCUT2D eigenvalue weighted by Crippen LogP contribution is -2.55. The highest BCUT2D eigenvalue weighted by Crippen LogP contribution is 2.40. The highest BCUT2D eigenvalue weighted by atomic mass is 15.3. The highest BCUT2D eigenvalue weighted by molar-refractivity contribution is 6.82. The Morgan fingerprint density at radius 2 is 1.50 bits per heavy atom. The summed E-state index contributed by atoms with van der Waals surface area (Å²) in [5.41, 5.74) is 8.46. The van der Waals surface area contributed by atoms with Crippen LogP contribution in [0.4, 0.5) is 11.5 Å². The fraction of sp³-hybridized carbons (Fsp3) is 0.238. The van der Waals surface area contributed by atoms with E-state index in [4.69, 9.17) is 0 Å². The Bertz CT molecular complexity index is 948. The molecule has 0 aliphatic carbocycles. The Balaban J connectivity index is 1.88. The summed E-state index contributed by atoms with van der Waals surface area (Å²) in [6.45, 7) is 6.66. The number of aryl methyl sites for hydroxylation is 3. The molecular formula is C21H23BN4. The van der Waals surface area contributed by atoms with Gasteiger partial charge in [0.25, 0.3) is 0 Å². The van der Waals surface area contributed by atoms with Crippen LogP contribution in [0.5, 0.6) is 0 Å². The molecule has 1 aliphatic rings. The fourth-order valence-corrected chi connectivity index (χ4v) is 4.24. The number of rotatable bonds is 2. The van der Waals surface area contributed by atoms with Gasteiger partial charge in [-0.3, -0.25) is 0 Å². The number of hydrogen-bond acceptors (Lipinski definition) is 4. The van der Waals surface area contributed by atoms with Gasteiger partial charge in [0, 0.05) is 5.56 Å². The van der Waals surface area contributed by atoms with Crippen molar-refractivity contribution in [3.8, 4) is 11.3 Å². The zero-order valence-electron chi connectivity index (χ0n) is 16.0. The van der Waals surface area contributed by atoms with Gasteiger partial charge in [-0.15, -0.1) is 0 Å². The smallest absolute Gasteiger partial charge is 0.390 e. The van der Waals surface area contributed by atoms with E-state index in [2.05, 4.69) is 78.7 Å². The molecule has 4 rings (SSSR count). The van der Waals surface area contributed by atoms with Gasteiger partial charge in [-0.25, -0.2) is 9.97 Å². The molecule has 4 nitrogen and oxygen atoms in total. The Kier molecular flexibility index (Phi) is 3.95. The Hall–Kier alpha value is -2.82. The molecule has 0 saturated carbocycles. The molecule has 26 heavy (non-hydrogen) atoms. The maximum absolute atomic E-state index is 4.61. The van der Waals surface area contributed by atoms with E-state index in [1.54, 1.807) is 6.33 Å². The minimum Gasteiger partial charge on any atom is -0.390 e. The summed E-state index contributed by atoms with van der Waals surface area (Å²) in [4.78, 5) is 13.8. The SMILES string of the molecule is Cc1cc(C)c(B2N(C)c3ncnc(-c4ccccc4)c3N2C)c(C)c1. The van der Waals surface area contributed by atoms with Gasteiger partial charge in [0.2, 0.25) is 0 Å². The maximum Gasteiger partial charge on any atom is 0.412 e. The molecule has 2 heterocycles. The van der Waals surface area contributed by atoms with Crippen molar-refractivity contribution in [3.63, 3.8) is 0 Å². The molecule has 0 radical (unpaired) electrons. The molecule has 0 N–H and O–H groups in total. The number of fused-ring (bicyclic) bond motifs is 1. The van der Waals surface area contributed by atoms with Crippen LogP contribution in [0.1, 0.15) is 16.7 Å². The third-order valence-electron chi connectivity index (χ3n) is 5.27. The van der Waals surface area contributed by atoms with E-state index < -0.39 is 0 Å². The number of aromatic nitrogens is 2. The molecular weight excluding hydrogens is 319 g/mol. The Morgan fingerprint density at radius 1 is 0.846 bits per heavy atom. The summed E-state index contributed by atoms with van der Waals surface area (Å²) in [5, 5.41) is 0. The van der Waals surface area contributed by atoms with E-state index in [0.717, 1.165) is 22.8 Å².